The lowest BCUT2D eigenvalue weighted by molar-refractivity contribution is 1.40. The van der Waals surface area contributed by atoms with Gasteiger partial charge in [0.1, 0.15) is 0 Å². The van der Waals surface area contributed by atoms with E-state index in [1.54, 1.807) is 0 Å². The van der Waals surface area contributed by atoms with Crippen LogP contribution in [0.4, 0.5) is 0 Å². The van der Waals surface area contributed by atoms with Crippen LogP contribution in [-0.4, -0.2) is 0 Å². The molecule has 0 unspecified atom stereocenters. The Bertz CT molecular complexity index is 959. The predicted octanol–water partition coefficient (Wildman–Crippen LogP) is 7.17. The lowest BCUT2D eigenvalue weighted by Crippen LogP contribution is -1.83. The molecule has 0 aliphatic rings. The van der Waals surface area contributed by atoms with Crippen LogP contribution in [0.25, 0.3) is 22.3 Å². The molecular weight excluding hydrogens is 320 g/mol. The molecule has 0 radical (unpaired) electrons. The van der Waals surface area contributed by atoms with E-state index in [-0.39, 0.29) is 0 Å². The molecule has 0 heterocycles. The SMILES string of the molecule is c1ccc(-c2cccc(Sc3ccccc3-c3ccccc3)c2)cc1. The molecule has 0 aliphatic carbocycles. The molecule has 0 aliphatic heterocycles. The van der Waals surface area contributed by atoms with Crippen LogP contribution in [-0.2, 0) is 0 Å². The van der Waals surface area contributed by atoms with E-state index in [1.807, 2.05) is 11.8 Å². The topological polar surface area (TPSA) is 0 Å². The molecule has 4 aromatic rings. The van der Waals surface area contributed by atoms with Gasteiger partial charge in [-0.05, 0) is 40.5 Å². The molecule has 4 aromatic carbocycles. The van der Waals surface area contributed by atoms with Crippen LogP contribution in [0.3, 0.4) is 0 Å². The molecule has 0 spiro atoms. The van der Waals surface area contributed by atoms with Crippen molar-refractivity contribution in [3.8, 4) is 22.3 Å². The second-order valence-electron chi connectivity index (χ2n) is 5.86. The van der Waals surface area contributed by atoms with E-state index in [2.05, 4.69) is 109 Å². The second-order valence-corrected chi connectivity index (χ2v) is 6.97. The largest absolute Gasteiger partial charge is 0.0894 e. The molecule has 1 heteroatoms. The second kappa shape index (κ2) is 7.42. The lowest BCUT2D eigenvalue weighted by atomic mass is 10.1. The molecule has 0 N–H and O–H groups in total. The van der Waals surface area contributed by atoms with Gasteiger partial charge in [0, 0.05) is 9.79 Å². The third-order valence-corrected chi connectivity index (χ3v) is 5.21. The van der Waals surface area contributed by atoms with E-state index in [0.717, 1.165) is 0 Å². The van der Waals surface area contributed by atoms with Gasteiger partial charge in [0.15, 0.2) is 0 Å². The van der Waals surface area contributed by atoms with Crippen molar-refractivity contribution in [2.24, 2.45) is 0 Å². The summed E-state index contributed by atoms with van der Waals surface area (Å²) >= 11 is 1.82. The summed E-state index contributed by atoms with van der Waals surface area (Å²) in [5.41, 5.74) is 5.03. The number of rotatable bonds is 4. The number of hydrogen-bond donors (Lipinski definition) is 0. The first-order valence-electron chi connectivity index (χ1n) is 8.38. The summed E-state index contributed by atoms with van der Waals surface area (Å²) in [4.78, 5) is 2.53. The van der Waals surface area contributed by atoms with Crippen molar-refractivity contribution >= 4 is 11.8 Å². The van der Waals surface area contributed by atoms with Crippen LogP contribution >= 0.6 is 11.8 Å². The van der Waals surface area contributed by atoms with Crippen molar-refractivity contribution < 1.29 is 0 Å². The van der Waals surface area contributed by atoms with E-state index < -0.39 is 0 Å². The number of hydrogen-bond acceptors (Lipinski definition) is 1. The maximum atomic E-state index is 2.27. The average molecular weight is 338 g/mol. The van der Waals surface area contributed by atoms with E-state index in [0.29, 0.717) is 0 Å². The molecule has 0 amide bonds. The highest BCUT2D eigenvalue weighted by Gasteiger charge is 2.07. The monoisotopic (exact) mass is 338 g/mol. The first-order chi connectivity index (χ1) is 12.4. The maximum absolute atomic E-state index is 2.27. The normalized spacial score (nSPS) is 10.6. The summed E-state index contributed by atoms with van der Waals surface area (Å²) in [5, 5.41) is 0. The molecule has 120 valence electrons. The van der Waals surface area contributed by atoms with Gasteiger partial charge in [-0.15, -0.1) is 0 Å². The molecule has 0 nitrogen and oxygen atoms in total. The molecular formula is C24H18S. The Morgan fingerprint density at radius 2 is 1.04 bits per heavy atom. The van der Waals surface area contributed by atoms with Crippen molar-refractivity contribution in [2.45, 2.75) is 9.79 Å². The lowest BCUT2D eigenvalue weighted by Gasteiger charge is -2.10. The summed E-state index contributed by atoms with van der Waals surface area (Å²) in [6, 6.07) is 38.4. The molecule has 0 atom stereocenters. The maximum Gasteiger partial charge on any atom is 0.0200 e. The van der Waals surface area contributed by atoms with Gasteiger partial charge in [-0.3, -0.25) is 0 Å². The fraction of sp³-hybridized carbons (Fsp3) is 0. The fourth-order valence-electron chi connectivity index (χ4n) is 2.91. The van der Waals surface area contributed by atoms with Crippen molar-refractivity contribution in [1.29, 1.82) is 0 Å². The highest BCUT2D eigenvalue weighted by molar-refractivity contribution is 7.99. The molecule has 0 saturated carbocycles. The third kappa shape index (κ3) is 3.67. The Hall–Kier alpha value is -2.77. The Labute approximate surface area is 153 Å². The molecule has 4 rings (SSSR count). The van der Waals surface area contributed by atoms with Gasteiger partial charge >= 0.3 is 0 Å². The highest BCUT2D eigenvalue weighted by Crippen LogP contribution is 2.37. The van der Waals surface area contributed by atoms with Crippen LogP contribution in [0, 0.1) is 0 Å². The zero-order valence-electron chi connectivity index (χ0n) is 13.8. The van der Waals surface area contributed by atoms with Crippen LogP contribution in [0.5, 0.6) is 0 Å². The average Bonchev–Trinajstić information content (AvgIpc) is 2.70. The Balaban J connectivity index is 1.68. The van der Waals surface area contributed by atoms with Gasteiger partial charge in [-0.2, -0.15) is 0 Å². The zero-order chi connectivity index (χ0) is 16.9. The minimum atomic E-state index is 1.25. The van der Waals surface area contributed by atoms with Gasteiger partial charge in [-0.25, -0.2) is 0 Å². The summed E-state index contributed by atoms with van der Waals surface area (Å²) in [6.07, 6.45) is 0. The van der Waals surface area contributed by atoms with E-state index in [4.69, 9.17) is 0 Å². The molecule has 0 bridgehead atoms. The van der Waals surface area contributed by atoms with Crippen molar-refractivity contribution in [3.63, 3.8) is 0 Å². The highest BCUT2D eigenvalue weighted by atomic mass is 32.2. The Morgan fingerprint density at radius 1 is 0.440 bits per heavy atom. The zero-order valence-corrected chi connectivity index (χ0v) is 14.6. The van der Waals surface area contributed by atoms with Crippen LogP contribution in [0.2, 0.25) is 0 Å². The smallest absolute Gasteiger partial charge is 0.0200 e. The molecule has 25 heavy (non-hydrogen) atoms. The van der Waals surface area contributed by atoms with Gasteiger partial charge in [-0.1, -0.05) is 103 Å². The minimum absolute atomic E-state index is 1.25. The Morgan fingerprint density at radius 3 is 1.80 bits per heavy atom. The van der Waals surface area contributed by atoms with Crippen molar-refractivity contribution in [1.82, 2.24) is 0 Å². The van der Waals surface area contributed by atoms with E-state index in [9.17, 15) is 0 Å². The van der Waals surface area contributed by atoms with E-state index in [1.165, 1.54) is 32.0 Å². The van der Waals surface area contributed by atoms with Crippen molar-refractivity contribution in [3.05, 3.63) is 109 Å². The van der Waals surface area contributed by atoms with E-state index >= 15 is 0 Å². The number of benzene rings is 4. The van der Waals surface area contributed by atoms with Crippen LogP contribution in [0.1, 0.15) is 0 Å². The molecule has 0 aromatic heterocycles. The van der Waals surface area contributed by atoms with Crippen LogP contribution in [0.15, 0.2) is 119 Å². The first-order valence-corrected chi connectivity index (χ1v) is 9.19. The summed E-state index contributed by atoms with van der Waals surface area (Å²) in [6.45, 7) is 0. The minimum Gasteiger partial charge on any atom is -0.0894 e. The third-order valence-electron chi connectivity index (χ3n) is 4.14. The fourth-order valence-corrected chi connectivity index (χ4v) is 3.94. The molecule has 0 saturated heterocycles. The van der Waals surface area contributed by atoms with Crippen LogP contribution < -0.4 is 0 Å². The summed E-state index contributed by atoms with van der Waals surface area (Å²) < 4.78 is 0. The van der Waals surface area contributed by atoms with Gasteiger partial charge < -0.3 is 0 Å². The summed E-state index contributed by atoms with van der Waals surface area (Å²) in [5.74, 6) is 0. The van der Waals surface area contributed by atoms with Gasteiger partial charge in [0.25, 0.3) is 0 Å². The van der Waals surface area contributed by atoms with Crippen molar-refractivity contribution in [2.75, 3.05) is 0 Å². The first kappa shape index (κ1) is 15.7. The predicted molar refractivity (Wildman–Crippen MR) is 108 cm³/mol. The quantitative estimate of drug-likeness (QED) is 0.380. The summed E-state index contributed by atoms with van der Waals surface area (Å²) in [7, 11) is 0. The standard InChI is InChI=1S/C24H18S/c1-3-10-19(11-4-1)21-14-9-15-22(18-21)25-24-17-8-7-16-23(24)20-12-5-2-6-13-20/h1-18H. The Kier molecular flexibility index (Phi) is 4.67. The van der Waals surface area contributed by atoms with Gasteiger partial charge in [0.05, 0.1) is 0 Å². The van der Waals surface area contributed by atoms with Gasteiger partial charge in [0.2, 0.25) is 0 Å². The molecule has 0 fully saturated rings.